The lowest BCUT2D eigenvalue weighted by atomic mass is 9.74. The number of ether oxygens (including phenoxy) is 2. The lowest BCUT2D eigenvalue weighted by molar-refractivity contribution is -0.112. The molecular formula is C16H16O4. The number of rotatable bonds is 1. The lowest BCUT2D eigenvalue weighted by Gasteiger charge is -2.24. The highest BCUT2D eigenvalue weighted by Crippen LogP contribution is 2.49. The van der Waals surface area contributed by atoms with Gasteiger partial charge in [0.2, 0.25) is 11.6 Å². The molecule has 1 aromatic carbocycles. The van der Waals surface area contributed by atoms with Crippen LogP contribution in [0.25, 0.3) is 5.76 Å². The molecule has 0 saturated carbocycles. The van der Waals surface area contributed by atoms with Crippen molar-refractivity contribution in [1.82, 2.24) is 0 Å². The lowest BCUT2D eigenvalue weighted by Crippen LogP contribution is -2.32. The van der Waals surface area contributed by atoms with Crippen LogP contribution in [0.5, 0.6) is 5.75 Å². The zero-order chi connectivity index (χ0) is 14.7. The van der Waals surface area contributed by atoms with Gasteiger partial charge in [0, 0.05) is 16.5 Å². The number of carbonyl (C=O) groups excluding carboxylic acids is 2. The van der Waals surface area contributed by atoms with E-state index in [9.17, 15) is 9.59 Å². The first-order valence-electron chi connectivity index (χ1n) is 6.56. The van der Waals surface area contributed by atoms with E-state index >= 15 is 0 Å². The molecule has 1 aromatic rings. The first kappa shape index (κ1) is 12.9. The van der Waals surface area contributed by atoms with Crippen molar-refractivity contribution in [2.45, 2.75) is 26.9 Å². The molecule has 0 saturated heterocycles. The summed E-state index contributed by atoms with van der Waals surface area (Å²) in [6.45, 7) is 5.78. The van der Waals surface area contributed by atoms with Gasteiger partial charge in [-0.1, -0.05) is 13.8 Å². The fourth-order valence-corrected chi connectivity index (χ4v) is 2.74. The second-order valence-corrected chi connectivity index (χ2v) is 5.76. The van der Waals surface area contributed by atoms with Crippen molar-refractivity contribution in [2.24, 2.45) is 5.41 Å². The molecule has 1 atom stereocenters. The molecule has 3 rings (SSSR count). The van der Waals surface area contributed by atoms with Gasteiger partial charge in [-0.15, -0.1) is 0 Å². The minimum Gasteiger partial charge on any atom is -0.497 e. The van der Waals surface area contributed by atoms with Crippen molar-refractivity contribution in [1.29, 1.82) is 0 Å². The van der Waals surface area contributed by atoms with Gasteiger partial charge < -0.3 is 9.47 Å². The van der Waals surface area contributed by atoms with Gasteiger partial charge in [-0.05, 0) is 25.1 Å². The van der Waals surface area contributed by atoms with Crippen LogP contribution < -0.4 is 4.74 Å². The largest absolute Gasteiger partial charge is 0.497 e. The van der Waals surface area contributed by atoms with Crippen LogP contribution in [0.15, 0.2) is 23.8 Å². The highest BCUT2D eigenvalue weighted by atomic mass is 16.5. The molecule has 4 nitrogen and oxygen atoms in total. The summed E-state index contributed by atoms with van der Waals surface area (Å²) in [5.74, 6) is 0.155. The molecule has 0 spiro atoms. The fraction of sp³-hybridized carbons (Fsp3) is 0.375. The summed E-state index contributed by atoms with van der Waals surface area (Å²) in [7, 11) is 1.53. The molecule has 2 aliphatic rings. The van der Waals surface area contributed by atoms with E-state index in [2.05, 4.69) is 0 Å². The van der Waals surface area contributed by atoms with Crippen molar-refractivity contribution >= 4 is 17.3 Å². The Morgan fingerprint density at radius 1 is 1.15 bits per heavy atom. The van der Waals surface area contributed by atoms with Gasteiger partial charge in [0.1, 0.15) is 17.6 Å². The number of benzene rings is 1. The second kappa shape index (κ2) is 3.95. The van der Waals surface area contributed by atoms with E-state index in [0.717, 1.165) is 0 Å². The molecule has 1 heterocycles. The summed E-state index contributed by atoms with van der Waals surface area (Å²) in [5, 5.41) is 0. The number of Topliss-reactive ketones (excluding diaryl/α,β-unsaturated/α-hetero) is 2. The van der Waals surface area contributed by atoms with Crippen LogP contribution in [0.3, 0.4) is 0 Å². The molecule has 20 heavy (non-hydrogen) atoms. The van der Waals surface area contributed by atoms with Crippen LogP contribution in [-0.2, 0) is 9.53 Å². The quantitative estimate of drug-likeness (QED) is 0.737. The van der Waals surface area contributed by atoms with Crippen LogP contribution in [0.2, 0.25) is 0 Å². The van der Waals surface area contributed by atoms with Crippen LogP contribution in [0.4, 0.5) is 0 Å². The predicted molar refractivity (Wildman–Crippen MR) is 73.6 cm³/mol. The van der Waals surface area contributed by atoms with Crippen LogP contribution in [-0.4, -0.2) is 24.8 Å². The zero-order valence-corrected chi connectivity index (χ0v) is 11.9. The number of carbonyl (C=O) groups is 2. The third-order valence-electron chi connectivity index (χ3n) is 4.33. The first-order chi connectivity index (χ1) is 9.37. The van der Waals surface area contributed by atoms with E-state index in [1.54, 1.807) is 18.2 Å². The Bertz CT molecular complexity index is 667. The molecule has 0 amide bonds. The number of hydrogen-bond acceptors (Lipinski definition) is 4. The van der Waals surface area contributed by atoms with Gasteiger partial charge >= 0.3 is 0 Å². The third-order valence-corrected chi connectivity index (χ3v) is 4.33. The maximum atomic E-state index is 12.4. The molecular weight excluding hydrogens is 256 g/mol. The van der Waals surface area contributed by atoms with Gasteiger partial charge in [-0.25, -0.2) is 0 Å². The summed E-state index contributed by atoms with van der Waals surface area (Å²) in [6.07, 6.45) is -0.141. The van der Waals surface area contributed by atoms with Crippen molar-refractivity contribution in [3.63, 3.8) is 0 Å². The molecule has 1 unspecified atom stereocenters. The summed E-state index contributed by atoms with van der Waals surface area (Å²) in [4.78, 5) is 24.7. The van der Waals surface area contributed by atoms with E-state index in [0.29, 0.717) is 28.2 Å². The molecule has 0 aromatic heterocycles. The molecule has 1 aliphatic carbocycles. The predicted octanol–water partition coefficient (Wildman–Crippen LogP) is 2.62. The normalized spacial score (nSPS) is 23.3. The van der Waals surface area contributed by atoms with E-state index in [-0.39, 0.29) is 6.10 Å². The van der Waals surface area contributed by atoms with Crippen LogP contribution in [0, 0.1) is 5.41 Å². The van der Waals surface area contributed by atoms with Crippen molar-refractivity contribution in [2.75, 3.05) is 7.11 Å². The van der Waals surface area contributed by atoms with Gasteiger partial charge in [-0.3, -0.25) is 9.59 Å². The molecule has 104 valence electrons. The minimum atomic E-state index is -0.483. The Morgan fingerprint density at radius 3 is 2.50 bits per heavy atom. The van der Waals surface area contributed by atoms with Gasteiger partial charge in [0.25, 0.3) is 0 Å². The summed E-state index contributed by atoms with van der Waals surface area (Å²) >= 11 is 0. The molecule has 4 heteroatoms. The fourth-order valence-electron chi connectivity index (χ4n) is 2.74. The first-order valence-corrected chi connectivity index (χ1v) is 6.56. The minimum absolute atomic E-state index is 0.141. The van der Waals surface area contributed by atoms with Crippen LogP contribution in [0.1, 0.15) is 36.7 Å². The maximum absolute atomic E-state index is 12.4. The van der Waals surface area contributed by atoms with Crippen molar-refractivity contribution in [3.8, 4) is 5.75 Å². The van der Waals surface area contributed by atoms with Crippen LogP contribution >= 0.6 is 0 Å². The summed E-state index contributed by atoms with van der Waals surface area (Å²) in [6, 6.07) is 5.15. The standard InChI is InChI=1S/C16H16O4/c1-8-16(2,3)12-14(18)13(17)11-7-9(19-4)5-6-10(11)15(12)20-8/h5-8H,1-4H3. The summed E-state index contributed by atoms with van der Waals surface area (Å²) in [5.41, 5.74) is 1.08. The molecule has 1 aliphatic heterocycles. The number of hydrogen-bond donors (Lipinski definition) is 0. The van der Waals surface area contributed by atoms with Crippen molar-refractivity contribution in [3.05, 3.63) is 34.9 Å². The van der Waals surface area contributed by atoms with Gasteiger partial charge in [0.05, 0.1) is 12.7 Å². The zero-order valence-electron chi connectivity index (χ0n) is 11.9. The Balaban J connectivity index is 2.27. The average Bonchev–Trinajstić information content (AvgIpc) is 2.66. The monoisotopic (exact) mass is 272 g/mol. The van der Waals surface area contributed by atoms with Crippen molar-refractivity contribution < 1.29 is 19.1 Å². The third kappa shape index (κ3) is 1.48. The van der Waals surface area contributed by atoms with E-state index in [1.165, 1.54) is 7.11 Å². The molecule has 0 bridgehead atoms. The second-order valence-electron chi connectivity index (χ2n) is 5.76. The Morgan fingerprint density at radius 2 is 1.85 bits per heavy atom. The number of methoxy groups -OCH3 is 1. The molecule has 0 N–H and O–H groups in total. The summed E-state index contributed by atoms with van der Waals surface area (Å²) < 4.78 is 11.0. The Labute approximate surface area is 117 Å². The average molecular weight is 272 g/mol. The topological polar surface area (TPSA) is 52.6 Å². The van der Waals surface area contributed by atoms with Gasteiger partial charge in [-0.2, -0.15) is 0 Å². The maximum Gasteiger partial charge on any atom is 0.234 e. The smallest absolute Gasteiger partial charge is 0.234 e. The highest BCUT2D eigenvalue weighted by Gasteiger charge is 2.49. The SMILES string of the molecule is COc1ccc2c(c1)C(=O)C(=O)C1=C2OC(C)C1(C)C. The molecule has 0 fully saturated rings. The van der Waals surface area contributed by atoms with Gasteiger partial charge in [0.15, 0.2) is 0 Å². The van der Waals surface area contributed by atoms with E-state index in [4.69, 9.17) is 9.47 Å². The van der Waals surface area contributed by atoms with E-state index < -0.39 is 17.0 Å². The number of fused-ring (bicyclic) bond motifs is 2. The number of ketones is 2. The Kier molecular flexibility index (Phi) is 2.55. The highest BCUT2D eigenvalue weighted by molar-refractivity contribution is 6.52. The Hall–Kier alpha value is -2.10. The van der Waals surface area contributed by atoms with E-state index in [1.807, 2.05) is 20.8 Å². The molecule has 0 radical (unpaired) electrons.